The van der Waals surface area contributed by atoms with Gasteiger partial charge in [-0.25, -0.2) is 12.8 Å². The monoisotopic (exact) mass is 473 g/mol. The minimum atomic E-state index is -3.70. The van der Waals surface area contributed by atoms with Crippen molar-refractivity contribution in [2.45, 2.75) is 24.2 Å². The van der Waals surface area contributed by atoms with E-state index in [1.165, 1.54) is 22.5 Å². The fourth-order valence-electron chi connectivity index (χ4n) is 4.04. The zero-order valence-electron chi connectivity index (χ0n) is 18.4. The summed E-state index contributed by atoms with van der Waals surface area (Å²) in [7, 11) is -3.70. The summed E-state index contributed by atoms with van der Waals surface area (Å²) in [5.74, 6) is -0.737. The lowest BCUT2D eigenvalue weighted by atomic mass is 10.1. The van der Waals surface area contributed by atoms with Crippen molar-refractivity contribution in [3.05, 3.63) is 59.9 Å². The summed E-state index contributed by atoms with van der Waals surface area (Å²) >= 11 is 0. The number of carbonyl (C=O) groups is 1. The summed E-state index contributed by atoms with van der Waals surface area (Å²) in [5.41, 5.74) is 1.95. The second-order valence-electron chi connectivity index (χ2n) is 8.12. The number of hydrogen-bond donors (Lipinski definition) is 1. The molecule has 176 valence electrons. The van der Waals surface area contributed by atoms with E-state index in [0.717, 1.165) is 38.0 Å². The first-order valence-electron chi connectivity index (χ1n) is 11.1. The molecular weight excluding hydrogens is 445 g/mol. The van der Waals surface area contributed by atoms with E-state index in [0.29, 0.717) is 37.6 Å². The average Bonchev–Trinajstić information content (AvgIpc) is 2.85. The molecule has 2 saturated heterocycles. The van der Waals surface area contributed by atoms with Crippen LogP contribution < -0.4 is 10.2 Å². The Labute approximate surface area is 193 Å². The molecule has 9 heteroatoms. The molecule has 7 nitrogen and oxygen atoms in total. The quantitative estimate of drug-likeness (QED) is 0.650. The smallest absolute Gasteiger partial charge is 0.248 e. The van der Waals surface area contributed by atoms with Gasteiger partial charge in [-0.1, -0.05) is 12.1 Å². The van der Waals surface area contributed by atoms with Crippen LogP contribution in [0.3, 0.4) is 0 Å². The Morgan fingerprint density at radius 2 is 1.67 bits per heavy atom. The van der Waals surface area contributed by atoms with Crippen LogP contribution in [-0.2, 0) is 19.6 Å². The fraction of sp³-hybridized carbons (Fsp3) is 0.375. The van der Waals surface area contributed by atoms with Crippen LogP contribution in [0.25, 0.3) is 6.08 Å². The van der Waals surface area contributed by atoms with Gasteiger partial charge in [-0.15, -0.1) is 0 Å². The molecule has 1 amide bonds. The van der Waals surface area contributed by atoms with E-state index in [4.69, 9.17) is 4.74 Å². The SMILES string of the molecule is O=C(/C=C/c1ccc(F)cc1)Nc1cc(S(=O)(=O)N2CCOCC2)ccc1N1CCCCC1. The summed E-state index contributed by atoms with van der Waals surface area (Å²) < 4.78 is 46.1. The third-order valence-corrected chi connectivity index (χ3v) is 7.72. The Morgan fingerprint density at radius 1 is 0.970 bits per heavy atom. The summed E-state index contributed by atoms with van der Waals surface area (Å²) in [6.45, 7) is 3.04. The second-order valence-corrected chi connectivity index (χ2v) is 10.1. The van der Waals surface area contributed by atoms with Crippen LogP contribution in [0.2, 0.25) is 0 Å². The number of nitrogens with zero attached hydrogens (tertiary/aromatic N) is 2. The Bertz CT molecular complexity index is 1110. The lowest BCUT2D eigenvalue weighted by molar-refractivity contribution is -0.111. The van der Waals surface area contributed by atoms with E-state index in [1.54, 1.807) is 36.4 Å². The van der Waals surface area contributed by atoms with Gasteiger partial charge in [0.15, 0.2) is 0 Å². The third-order valence-electron chi connectivity index (χ3n) is 5.83. The number of nitrogens with one attached hydrogen (secondary N) is 1. The maximum atomic E-state index is 13.2. The summed E-state index contributed by atoms with van der Waals surface area (Å²) in [5, 5.41) is 2.86. The van der Waals surface area contributed by atoms with Crippen molar-refractivity contribution < 1.29 is 22.3 Å². The maximum absolute atomic E-state index is 13.2. The average molecular weight is 474 g/mol. The van der Waals surface area contributed by atoms with Gasteiger partial charge in [-0.05, 0) is 61.2 Å². The third kappa shape index (κ3) is 5.79. The van der Waals surface area contributed by atoms with Crippen LogP contribution in [0.5, 0.6) is 0 Å². The lowest BCUT2D eigenvalue weighted by Gasteiger charge is -2.31. The van der Waals surface area contributed by atoms with Gasteiger partial charge in [0.2, 0.25) is 15.9 Å². The number of anilines is 2. The van der Waals surface area contributed by atoms with Crippen molar-refractivity contribution >= 4 is 33.4 Å². The van der Waals surface area contributed by atoms with Crippen molar-refractivity contribution in [1.82, 2.24) is 4.31 Å². The number of sulfonamides is 1. The lowest BCUT2D eigenvalue weighted by Crippen LogP contribution is -2.40. The zero-order chi connectivity index (χ0) is 23.3. The topological polar surface area (TPSA) is 79.0 Å². The summed E-state index contributed by atoms with van der Waals surface area (Å²) in [6.07, 6.45) is 6.19. The highest BCUT2D eigenvalue weighted by Crippen LogP contribution is 2.32. The molecule has 2 aromatic carbocycles. The molecule has 2 aliphatic rings. The second kappa shape index (κ2) is 10.5. The molecule has 0 atom stereocenters. The molecule has 0 saturated carbocycles. The van der Waals surface area contributed by atoms with Gasteiger partial charge in [-0.2, -0.15) is 4.31 Å². The Kier molecular flexibility index (Phi) is 7.42. The van der Waals surface area contributed by atoms with Gasteiger partial charge in [-0.3, -0.25) is 4.79 Å². The molecular formula is C24H28FN3O4S. The number of rotatable bonds is 6. The number of carbonyl (C=O) groups excluding carboxylic acids is 1. The van der Waals surface area contributed by atoms with Crippen LogP contribution in [0.4, 0.5) is 15.8 Å². The minimum Gasteiger partial charge on any atom is -0.379 e. The largest absolute Gasteiger partial charge is 0.379 e. The Hall–Kier alpha value is -2.75. The number of halogens is 1. The molecule has 0 aromatic heterocycles. The highest BCUT2D eigenvalue weighted by molar-refractivity contribution is 7.89. The van der Waals surface area contributed by atoms with Gasteiger partial charge >= 0.3 is 0 Å². The van der Waals surface area contributed by atoms with Crippen molar-refractivity contribution in [2.75, 3.05) is 49.6 Å². The van der Waals surface area contributed by atoms with Crippen molar-refractivity contribution in [3.63, 3.8) is 0 Å². The van der Waals surface area contributed by atoms with E-state index in [9.17, 15) is 17.6 Å². The zero-order valence-corrected chi connectivity index (χ0v) is 19.2. The Balaban J connectivity index is 1.60. The summed E-state index contributed by atoms with van der Waals surface area (Å²) in [4.78, 5) is 15.0. The molecule has 33 heavy (non-hydrogen) atoms. The molecule has 2 fully saturated rings. The molecule has 2 heterocycles. The van der Waals surface area contributed by atoms with Crippen LogP contribution in [0, 0.1) is 5.82 Å². The number of amides is 1. The van der Waals surface area contributed by atoms with E-state index in [-0.39, 0.29) is 10.7 Å². The predicted octanol–water partition coefficient (Wildman–Crippen LogP) is 3.49. The summed E-state index contributed by atoms with van der Waals surface area (Å²) in [6, 6.07) is 10.7. The first-order valence-corrected chi connectivity index (χ1v) is 12.6. The van der Waals surface area contributed by atoms with E-state index in [2.05, 4.69) is 10.2 Å². The normalized spacial score (nSPS) is 17.9. The maximum Gasteiger partial charge on any atom is 0.248 e. The molecule has 0 aliphatic carbocycles. The molecule has 2 aliphatic heterocycles. The molecule has 0 bridgehead atoms. The van der Waals surface area contributed by atoms with Gasteiger partial charge < -0.3 is 15.0 Å². The Morgan fingerprint density at radius 3 is 2.36 bits per heavy atom. The molecule has 0 radical (unpaired) electrons. The van der Waals surface area contributed by atoms with Gasteiger partial charge in [0.1, 0.15) is 5.82 Å². The number of benzene rings is 2. The molecule has 1 N–H and O–H groups in total. The number of hydrogen-bond acceptors (Lipinski definition) is 5. The standard InChI is InChI=1S/C24H28FN3O4S/c25-20-7-4-19(5-8-20)6-11-24(29)26-22-18-21(33(30,31)28-14-16-32-17-15-28)9-10-23(22)27-12-2-1-3-13-27/h4-11,18H,1-3,12-17H2,(H,26,29)/b11-6+. The van der Waals surface area contributed by atoms with Crippen LogP contribution in [-0.4, -0.2) is 58.0 Å². The molecule has 4 rings (SSSR count). The van der Waals surface area contributed by atoms with Crippen LogP contribution in [0.15, 0.2) is 53.4 Å². The van der Waals surface area contributed by atoms with E-state index in [1.807, 2.05) is 0 Å². The predicted molar refractivity (Wildman–Crippen MR) is 126 cm³/mol. The van der Waals surface area contributed by atoms with Crippen molar-refractivity contribution in [1.29, 1.82) is 0 Å². The van der Waals surface area contributed by atoms with Crippen molar-refractivity contribution in [3.8, 4) is 0 Å². The molecule has 0 unspecified atom stereocenters. The van der Waals surface area contributed by atoms with E-state index >= 15 is 0 Å². The first kappa shape index (κ1) is 23.4. The number of piperidine rings is 1. The fourth-order valence-corrected chi connectivity index (χ4v) is 5.48. The first-order chi connectivity index (χ1) is 15.9. The molecule has 2 aromatic rings. The minimum absolute atomic E-state index is 0.142. The highest BCUT2D eigenvalue weighted by Gasteiger charge is 2.28. The van der Waals surface area contributed by atoms with Crippen LogP contribution in [0.1, 0.15) is 24.8 Å². The number of morpholine rings is 1. The number of ether oxygens (including phenoxy) is 1. The van der Waals surface area contributed by atoms with Gasteiger partial charge in [0.25, 0.3) is 0 Å². The van der Waals surface area contributed by atoms with Crippen LogP contribution >= 0.6 is 0 Å². The molecule has 0 spiro atoms. The van der Waals surface area contributed by atoms with E-state index < -0.39 is 15.9 Å². The van der Waals surface area contributed by atoms with Crippen molar-refractivity contribution in [2.24, 2.45) is 0 Å². The highest BCUT2D eigenvalue weighted by atomic mass is 32.2. The van der Waals surface area contributed by atoms with Gasteiger partial charge in [0.05, 0.1) is 29.5 Å². The van der Waals surface area contributed by atoms with Gasteiger partial charge in [0, 0.05) is 32.3 Å².